The maximum absolute atomic E-state index is 12.9. The number of hydrogen-bond acceptors (Lipinski definition) is 3. The number of aliphatic carboxylic acids is 1. The molecule has 188 valence electrons. The molecule has 0 aromatic carbocycles. The minimum Gasteiger partial charge on any atom is -0.505 e. The standard InChI is InChI=1S/C30H44O4/c1-25(2)12-14-30(24(33)34)15-13-28(6)18(19(30)16-25)8-9-22-27(5)17-20(31)23(32)26(3,4)21(27)10-11-29(22,28)7/h8,17,19,21-22,31H,9-16H2,1-7H3,(H,33,34)/t19-,21-,22+,27-,28+,29+,30-/m0/s1. The number of carboxylic acids is 1. The highest BCUT2D eigenvalue weighted by Gasteiger charge is 2.69. The Kier molecular flexibility index (Phi) is 4.82. The van der Waals surface area contributed by atoms with Gasteiger partial charge in [0.15, 0.2) is 5.76 Å². The minimum atomic E-state index is -0.622. The van der Waals surface area contributed by atoms with Crippen LogP contribution in [0.4, 0.5) is 0 Å². The molecule has 0 aromatic heterocycles. The maximum atomic E-state index is 12.9. The third kappa shape index (κ3) is 2.72. The van der Waals surface area contributed by atoms with E-state index in [4.69, 9.17) is 0 Å². The lowest BCUT2D eigenvalue weighted by Crippen LogP contribution is -2.64. The molecule has 3 saturated carbocycles. The summed E-state index contributed by atoms with van der Waals surface area (Å²) in [6.07, 6.45) is 11.6. The molecule has 0 saturated heterocycles. The number of carbonyl (C=O) groups is 2. The van der Waals surface area contributed by atoms with Crippen LogP contribution in [0.15, 0.2) is 23.5 Å². The summed E-state index contributed by atoms with van der Waals surface area (Å²) in [4.78, 5) is 25.7. The molecule has 5 aliphatic carbocycles. The van der Waals surface area contributed by atoms with E-state index >= 15 is 0 Å². The van der Waals surface area contributed by atoms with E-state index in [0.717, 1.165) is 51.4 Å². The van der Waals surface area contributed by atoms with Crippen molar-refractivity contribution in [2.75, 3.05) is 0 Å². The van der Waals surface area contributed by atoms with Gasteiger partial charge in [-0.25, -0.2) is 0 Å². The zero-order chi connectivity index (χ0) is 25.1. The largest absolute Gasteiger partial charge is 0.505 e. The quantitative estimate of drug-likeness (QED) is 0.402. The number of fused-ring (bicyclic) bond motifs is 7. The fourth-order valence-electron chi connectivity index (χ4n) is 10.1. The average Bonchev–Trinajstić information content (AvgIpc) is 2.72. The van der Waals surface area contributed by atoms with Crippen LogP contribution in [0.2, 0.25) is 0 Å². The summed E-state index contributed by atoms with van der Waals surface area (Å²) in [5.41, 5.74) is 0.0617. The molecule has 5 aliphatic rings. The second kappa shape index (κ2) is 6.79. The van der Waals surface area contributed by atoms with E-state index in [1.54, 1.807) is 0 Å². The summed E-state index contributed by atoms with van der Waals surface area (Å²) in [7, 11) is 0. The lowest BCUT2D eigenvalue weighted by molar-refractivity contribution is -0.175. The summed E-state index contributed by atoms with van der Waals surface area (Å²) < 4.78 is 0. The molecular weight excluding hydrogens is 424 g/mol. The number of aliphatic hydroxyl groups excluding tert-OH is 1. The van der Waals surface area contributed by atoms with Crippen molar-refractivity contribution in [3.63, 3.8) is 0 Å². The van der Waals surface area contributed by atoms with Crippen LogP contribution < -0.4 is 0 Å². The van der Waals surface area contributed by atoms with Crippen LogP contribution in [0.25, 0.3) is 0 Å². The fourth-order valence-corrected chi connectivity index (χ4v) is 10.1. The molecule has 0 heterocycles. The molecule has 0 radical (unpaired) electrons. The van der Waals surface area contributed by atoms with E-state index in [-0.39, 0.29) is 45.0 Å². The van der Waals surface area contributed by atoms with Gasteiger partial charge >= 0.3 is 5.97 Å². The minimum absolute atomic E-state index is 0.00182. The van der Waals surface area contributed by atoms with Crippen molar-refractivity contribution in [3.05, 3.63) is 23.5 Å². The first-order valence-corrected chi connectivity index (χ1v) is 13.5. The summed E-state index contributed by atoms with van der Waals surface area (Å²) >= 11 is 0. The van der Waals surface area contributed by atoms with Crippen LogP contribution in [-0.4, -0.2) is 22.0 Å². The molecule has 5 rings (SSSR count). The average molecular weight is 469 g/mol. The van der Waals surface area contributed by atoms with Crippen LogP contribution >= 0.6 is 0 Å². The van der Waals surface area contributed by atoms with Gasteiger partial charge in [-0.05, 0) is 96.9 Å². The van der Waals surface area contributed by atoms with Gasteiger partial charge in [0, 0.05) is 5.41 Å². The van der Waals surface area contributed by atoms with Crippen LogP contribution in [0.3, 0.4) is 0 Å². The first-order chi connectivity index (χ1) is 15.6. The van der Waals surface area contributed by atoms with Gasteiger partial charge < -0.3 is 10.2 Å². The van der Waals surface area contributed by atoms with Gasteiger partial charge in [0.2, 0.25) is 5.78 Å². The van der Waals surface area contributed by atoms with Gasteiger partial charge in [-0.3, -0.25) is 9.59 Å². The topological polar surface area (TPSA) is 74.6 Å². The number of Topliss-reactive ketones (excluding diaryl/α,β-unsaturated/α-hetero) is 1. The Morgan fingerprint density at radius 1 is 0.941 bits per heavy atom. The molecule has 0 spiro atoms. The molecule has 2 N–H and O–H groups in total. The second-order valence-corrected chi connectivity index (χ2v) is 14.6. The molecular formula is C30H44O4. The van der Waals surface area contributed by atoms with Gasteiger partial charge in [0.25, 0.3) is 0 Å². The van der Waals surface area contributed by atoms with Crippen molar-refractivity contribution < 1.29 is 19.8 Å². The monoisotopic (exact) mass is 468 g/mol. The zero-order valence-electron chi connectivity index (χ0n) is 22.3. The van der Waals surface area contributed by atoms with Crippen LogP contribution in [0, 0.1) is 50.2 Å². The Morgan fingerprint density at radius 3 is 2.24 bits per heavy atom. The van der Waals surface area contributed by atoms with Crippen molar-refractivity contribution in [2.45, 2.75) is 99.8 Å². The lowest BCUT2D eigenvalue weighted by atomic mass is 9.34. The van der Waals surface area contributed by atoms with Crippen molar-refractivity contribution in [2.24, 2.45) is 50.2 Å². The van der Waals surface area contributed by atoms with E-state index in [1.807, 2.05) is 19.9 Å². The summed E-state index contributed by atoms with van der Waals surface area (Å²) in [5, 5.41) is 21.2. The first-order valence-electron chi connectivity index (χ1n) is 13.5. The van der Waals surface area contributed by atoms with E-state index in [2.05, 4.69) is 40.7 Å². The lowest BCUT2D eigenvalue weighted by Gasteiger charge is -2.69. The molecule has 0 bridgehead atoms. The van der Waals surface area contributed by atoms with E-state index in [9.17, 15) is 19.8 Å². The molecule has 4 nitrogen and oxygen atoms in total. The Labute approximate surface area is 205 Å². The fraction of sp³-hybridized carbons (Fsp3) is 0.800. The molecule has 0 amide bonds. The summed E-state index contributed by atoms with van der Waals surface area (Å²) in [6.45, 7) is 15.8. The molecule has 7 atom stereocenters. The Bertz CT molecular complexity index is 1020. The highest BCUT2D eigenvalue weighted by Crippen LogP contribution is 2.75. The molecule has 4 heteroatoms. The van der Waals surface area contributed by atoms with Crippen LogP contribution in [0.1, 0.15) is 99.8 Å². The van der Waals surface area contributed by atoms with E-state index < -0.39 is 16.8 Å². The Morgan fingerprint density at radius 2 is 1.59 bits per heavy atom. The maximum Gasteiger partial charge on any atom is 0.310 e. The van der Waals surface area contributed by atoms with E-state index in [0.29, 0.717) is 5.92 Å². The van der Waals surface area contributed by atoms with Crippen LogP contribution in [0.5, 0.6) is 0 Å². The molecule has 3 fully saturated rings. The third-order valence-corrected chi connectivity index (χ3v) is 12.4. The highest BCUT2D eigenvalue weighted by molar-refractivity contribution is 5.98. The molecule has 0 unspecified atom stereocenters. The number of ketones is 1. The predicted molar refractivity (Wildman–Crippen MR) is 133 cm³/mol. The summed E-state index contributed by atoms with van der Waals surface area (Å²) in [6, 6.07) is 0. The molecule has 0 aromatic rings. The molecule has 0 aliphatic heterocycles. The van der Waals surface area contributed by atoms with Gasteiger partial charge in [-0.1, -0.05) is 60.1 Å². The van der Waals surface area contributed by atoms with Crippen molar-refractivity contribution in [1.29, 1.82) is 0 Å². The van der Waals surface area contributed by atoms with Gasteiger partial charge in [-0.15, -0.1) is 0 Å². The highest BCUT2D eigenvalue weighted by atomic mass is 16.4. The third-order valence-electron chi connectivity index (χ3n) is 12.4. The number of rotatable bonds is 1. The van der Waals surface area contributed by atoms with Gasteiger partial charge in [0.05, 0.1) is 5.41 Å². The number of carbonyl (C=O) groups excluding carboxylic acids is 1. The Balaban J connectivity index is 1.64. The van der Waals surface area contributed by atoms with E-state index in [1.165, 1.54) is 5.57 Å². The molecule has 34 heavy (non-hydrogen) atoms. The summed E-state index contributed by atoms with van der Waals surface area (Å²) in [5.74, 6) is -0.157. The zero-order valence-corrected chi connectivity index (χ0v) is 22.3. The number of carboxylic acid groups (broad SMARTS) is 1. The van der Waals surface area contributed by atoms with Crippen molar-refractivity contribution >= 4 is 11.8 Å². The number of allylic oxidation sites excluding steroid dienone is 4. The second-order valence-electron chi connectivity index (χ2n) is 14.6. The smallest absolute Gasteiger partial charge is 0.310 e. The SMILES string of the molecule is CC1(C)CC[C@]2(C(=O)O)CC[C@]3(C)C(=CC[C@@H]4[C@@]5(C)C=C(O)C(=O)C(C)(C)[C@@H]5CC[C@]43C)[C@@H]2C1. The normalized spacial score (nSPS) is 48.9. The van der Waals surface area contributed by atoms with Crippen LogP contribution in [-0.2, 0) is 9.59 Å². The first kappa shape index (κ1) is 24.1. The van der Waals surface area contributed by atoms with Gasteiger partial charge in [0.1, 0.15) is 0 Å². The Hall–Kier alpha value is -1.58. The van der Waals surface area contributed by atoms with Gasteiger partial charge in [-0.2, -0.15) is 0 Å². The van der Waals surface area contributed by atoms with Crippen molar-refractivity contribution in [1.82, 2.24) is 0 Å². The number of aliphatic hydroxyl groups is 1. The predicted octanol–water partition coefficient (Wildman–Crippen LogP) is 7.10. The van der Waals surface area contributed by atoms with Crippen molar-refractivity contribution in [3.8, 4) is 0 Å². The number of hydrogen-bond donors (Lipinski definition) is 2.